The van der Waals surface area contributed by atoms with E-state index >= 15 is 0 Å². The van der Waals surface area contributed by atoms with E-state index in [-0.39, 0.29) is 5.91 Å². The molecule has 0 fully saturated rings. The van der Waals surface area contributed by atoms with Crippen LogP contribution in [0.25, 0.3) is 0 Å². The van der Waals surface area contributed by atoms with Gasteiger partial charge in [-0.1, -0.05) is 53.4 Å². The normalized spacial score (nSPS) is 10.8. The van der Waals surface area contributed by atoms with Gasteiger partial charge in [-0.15, -0.1) is 0 Å². The number of nitrogens with one attached hydrogen (secondary N) is 1. The average molecular weight is 376 g/mol. The van der Waals surface area contributed by atoms with E-state index in [1.165, 1.54) is 58.3 Å². The highest BCUT2D eigenvalue weighted by Gasteiger charge is 2.34. The van der Waals surface area contributed by atoms with Crippen LogP contribution in [0.4, 0.5) is 0 Å². The van der Waals surface area contributed by atoms with E-state index in [1.807, 2.05) is 5.32 Å². The number of aliphatic carboxylic acids is 1. The molecule has 0 aromatic rings. The van der Waals surface area contributed by atoms with Gasteiger partial charge in [-0.05, 0) is 25.7 Å². The number of carboxylic acid groups (broad SMARTS) is 1. The average Bonchev–Trinajstić information content (AvgIpc) is 2.59. The topological polar surface area (TPSA) is 69.2 Å². The first-order valence-electron chi connectivity index (χ1n) is 10.2. The van der Waals surface area contributed by atoms with Crippen LogP contribution in [-0.4, -0.2) is 43.1 Å². The van der Waals surface area contributed by atoms with E-state index in [0.717, 1.165) is 0 Å². The highest BCUT2D eigenvalue weighted by molar-refractivity contribution is 7.75. The van der Waals surface area contributed by atoms with Gasteiger partial charge in [0.2, 0.25) is 5.91 Å². The Morgan fingerprint density at radius 2 is 1.08 bits per heavy atom. The summed E-state index contributed by atoms with van der Waals surface area (Å²) >= 11 is 0. The molecule has 0 bridgehead atoms. The second-order valence-electron chi connectivity index (χ2n) is 6.93. The first kappa shape index (κ1) is 26.6. The molecule has 0 aliphatic carbocycles. The summed E-state index contributed by atoms with van der Waals surface area (Å²) in [6, 6.07) is 0. The molecule has 0 aliphatic rings. The zero-order valence-electron chi connectivity index (χ0n) is 17.4. The van der Waals surface area contributed by atoms with Crippen molar-refractivity contribution < 1.29 is 14.7 Å². The molecule has 0 unspecified atom stereocenters. The number of hydrogen-bond acceptors (Lipinski definition) is 3. The van der Waals surface area contributed by atoms with E-state index < -0.39 is 19.8 Å². The summed E-state index contributed by atoms with van der Waals surface area (Å²) in [5.41, 5.74) is 0. The maximum atomic E-state index is 9.95. The van der Waals surface area contributed by atoms with E-state index in [1.54, 1.807) is 24.6 Å². The van der Waals surface area contributed by atoms with E-state index in [4.69, 9.17) is 0 Å². The molecular weight excluding hydrogens is 333 g/mol. The first-order chi connectivity index (χ1) is 11.9. The maximum Gasteiger partial charge on any atom is 0.217 e. The summed E-state index contributed by atoms with van der Waals surface area (Å²) in [4.78, 5) is 19.5. The molecule has 150 valence electrons. The van der Waals surface area contributed by atoms with Crippen LogP contribution >= 0.6 is 7.26 Å². The molecule has 0 aromatic carbocycles. The molecule has 25 heavy (non-hydrogen) atoms. The Morgan fingerprint density at radius 1 is 0.760 bits per heavy atom. The van der Waals surface area contributed by atoms with Gasteiger partial charge in [0.1, 0.15) is 0 Å². The van der Waals surface area contributed by atoms with E-state index in [2.05, 4.69) is 27.7 Å². The minimum atomic E-state index is -1.28. The van der Waals surface area contributed by atoms with Crippen LogP contribution in [0.3, 0.4) is 0 Å². The zero-order chi connectivity index (χ0) is 19.6. The third-order valence-electron chi connectivity index (χ3n) is 4.43. The molecule has 1 N–H and O–H groups in total. The SMILES string of the molecule is CC(=O)NCC(=O)[O-].CCCC[P+](CCCC)(CCCC)CCCC. The molecule has 0 heterocycles. The number of carbonyl (C=O) groups excluding carboxylic acids is 2. The van der Waals surface area contributed by atoms with Gasteiger partial charge < -0.3 is 15.2 Å². The smallest absolute Gasteiger partial charge is 0.217 e. The quantitative estimate of drug-likeness (QED) is 0.465. The number of rotatable bonds is 14. The lowest BCUT2D eigenvalue weighted by molar-refractivity contribution is -0.304. The van der Waals surface area contributed by atoms with Gasteiger partial charge in [0.05, 0.1) is 37.2 Å². The van der Waals surface area contributed by atoms with Gasteiger partial charge >= 0.3 is 0 Å². The minimum absolute atomic E-state index is 0.366. The molecular formula is C20H42NO3P. The molecule has 0 saturated carbocycles. The number of carbonyl (C=O) groups is 2. The highest BCUT2D eigenvalue weighted by atomic mass is 31.2. The molecule has 0 aliphatic heterocycles. The fourth-order valence-electron chi connectivity index (χ4n) is 2.84. The van der Waals surface area contributed by atoms with Crippen molar-refractivity contribution in [1.82, 2.24) is 5.32 Å². The Kier molecular flexibility index (Phi) is 19.3. The maximum absolute atomic E-state index is 9.95. The van der Waals surface area contributed by atoms with Crippen LogP contribution < -0.4 is 10.4 Å². The van der Waals surface area contributed by atoms with Crippen LogP contribution in [-0.2, 0) is 9.59 Å². The predicted molar refractivity (Wildman–Crippen MR) is 110 cm³/mol. The van der Waals surface area contributed by atoms with Gasteiger partial charge in [0.15, 0.2) is 0 Å². The van der Waals surface area contributed by atoms with Crippen molar-refractivity contribution in [3.63, 3.8) is 0 Å². The lowest BCUT2D eigenvalue weighted by Crippen LogP contribution is -2.36. The molecule has 0 saturated heterocycles. The summed E-state index contributed by atoms with van der Waals surface area (Å²) < 4.78 is 0. The first-order valence-corrected chi connectivity index (χ1v) is 12.7. The van der Waals surface area contributed by atoms with Crippen LogP contribution in [0.2, 0.25) is 0 Å². The predicted octanol–water partition coefficient (Wildman–Crippen LogP) is 4.08. The van der Waals surface area contributed by atoms with Crippen molar-refractivity contribution in [3.05, 3.63) is 0 Å². The molecule has 5 heteroatoms. The Morgan fingerprint density at radius 3 is 1.24 bits per heavy atom. The molecule has 0 rings (SSSR count). The van der Waals surface area contributed by atoms with Gasteiger partial charge in [-0.2, -0.15) is 0 Å². The van der Waals surface area contributed by atoms with Gasteiger partial charge in [0, 0.05) is 14.2 Å². The number of unbranched alkanes of at least 4 members (excludes halogenated alkanes) is 4. The fourth-order valence-corrected chi connectivity index (χ4v) is 8.13. The summed E-state index contributed by atoms with van der Waals surface area (Å²) in [5.74, 6) is -1.64. The fraction of sp³-hybridized carbons (Fsp3) is 0.900. The molecule has 1 amide bonds. The summed E-state index contributed by atoms with van der Waals surface area (Å²) in [7, 11) is -0.562. The van der Waals surface area contributed by atoms with E-state index in [9.17, 15) is 14.7 Å². The second kappa shape index (κ2) is 18.2. The zero-order valence-corrected chi connectivity index (χ0v) is 18.3. The van der Waals surface area contributed by atoms with Crippen molar-refractivity contribution in [2.24, 2.45) is 0 Å². The summed E-state index contributed by atoms with van der Waals surface area (Å²) in [6.07, 6.45) is 17.9. The minimum Gasteiger partial charge on any atom is -0.548 e. The molecule has 0 spiro atoms. The van der Waals surface area contributed by atoms with Crippen molar-refractivity contribution >= 4 is 19.1 Å². The standard InChI is InChI=1S/C16H36P.C4H7NO3/c1-5-9-13-17(14-10-6-2,15-11-7-3)16-12-8-4;1-3(6)5-2-4(7)8/h5-16H2,1-4H3;2H2,1H3,(H,5,6)(H,7,8)/q+1;/p-1. The lowest BCUT2D eigenvalue weighted by atomic mass is 10.4. The van der Waals surface area contributed by atoms with Gasteiger partial charge in [-0.25, -0.2) is 0 Å². The summed E-state index contributed by atoms with van der Waals surface area (Å²) in [6.45, 7) is 10.3. The van der Waals surface area contributed by atoms with E-state index in [0.29, 0.717) is 0 Å². The van der Waals surface area contributed by atoms with Gasteiger partial charge in [0.25, 0.3) is 0 Å². The number of amides is 1. The monoisotopic (exact) mass is 375 g/mol. The van der Waals surface area contributed by atoms with Crippen LogP contribution in [0.1, 0.15) is 86.0 Å². The molecule has 0 atom stereocenters. The number of hydrogen-bond donors (Lipinski definition) is 1. The lowest BCUT2D eigenvalue weighted by Gasteiger charge is -2.28. The summed E-state index contributed by atoms with van der Waals surface area (Å²) in [5, 5.41) is 11.6. The molecule has 0 aromatic heterocycles. The highest BCUT2D eigenvalue weighted by Crippen LogP contribution is 2.61. The third-order valence-corrected chi connectivity index (χ3v) is 9.49. The Labute approximate surface area is 156 Å². The number of carboxylic acids is 1. The second-order valence-corrected chi connectivity index (χ2v) is 11.4. The van der Waals surface area contributed by atoms with Crippen molar-refractivity contribution in [1.29, 1.82) is 0 Å². The largest absolute Gasteiger partial charge is 0.548 e. The van der Waals surface area contributed by atoms with Gasteiger partial charge in [-0.3, -0.25) is 4.79 Å². The van der Waals surface area contributed by atoms with Crippen LogP contribution in [0.5, 0.6) is 0 Å². The van der Waals surface area contributed by atoms with Crippen molar-refractivity contribution in [3.8, 4) is 0 Å². The Hall–Kier alpha value is -0.630. The molecule has 4 nitrogen and oxygen atoms in total. The van der Waals surface area contributed by atoms with Crippen LogP contribution in [0, 0.1) is 0 Å². The Balaban J connectivity index is 0. The Bertz CT molecular complexity index is 283. The third kappa shape index (κ3) is 18.0. The van der Waals surface area contributed by atoms with Crippen molar-refractivity contribution in [2.45, 2.75) is 86.0 Å². The van der Waals surface area contributed by atoms with Crippen LogP contribution in [0.15, 0.2) is 0 Å². The van der Waals surface area contributed by atoms with Crippen molar-refractivity contribution in [2.75, 3.05) is 31.2 Å². The molecule has 0 radical (unpaired) electrons.